The molecule has 2 fully saturated rings. The van der Waals surface area contributed by atoms with Crippen LogP contribution in [0.25, 0.3) is 11.3 Å². The summed E-state index contributed by atoms with van der Waals surface area (Å²) < 4.78 is 1.72. The Kier molecular flexibility index (Phi) is 7.15. The number of hydrogen-bond donors (Lipinski definition) is 1. The van der Waals surface area contributed by atoms with E-state index in [1.807, 2.05) is 58.3 Å². The fraction of sp³-hybridized carbons (Fsp3) is 0.433. The van der Waals surface area contributed by atoms with Gasteiger partial charge in [0.25, 0.3) is 5.56 Å². The topological polar surface area (TPSA) is 84.5 Å². The van der Waals surface area contributed by atoms with Crippen molar-refractivity contribution in [1.29, 1.82) is 0 Å². The first-order chi connectivity index (χ1) is 17.8. The van der Waals surface area contributed by atoms with E-state index in [0.717, 1.165) is 30.4 Å². The number of rotatable bonds is 4. The molecule has 2 aromatic carbocycles. The van der Waals surface area contributed by atoms with Crippen molar-refractivity contribution in [3.05, 3.63) is 89.0 Å². The molecule has 0 spiro atoms. The number of carbonyl (C=O) groups excluding carboxylic acids is 1. The van der Waals surface area contributed by atoms with Crippen molar-refractivity contribution < 1.29 is 4.79 Å². The highest BCUT2D eigenvalue weighted by molar-refractivity contribution is 5.75. The van der Waals surface area contributed by atoms with Gasteiger partial charge in [-0.15, -0.1) is 0 Å². The van der Waals surface area contributed by atoms with Gasteiger partial charge in [0.1, 0.15) is 0 Å². The zero-order chi connectivity index (χ0) is 26.0. The van der Waals surface area contributed by atoms with Crippen LogP contribution >= 0.6 is 0 Å². The van der Waals surface area contributed by atoms with Crippen LogP contribution in [-0.2, 0) is 6.54 Å². The minimum Gasteiger partial charge on any atom is -0.328 e. The summed E-state index contributed by atoms with van der Waals surface area (Å²) in [5, 5.41) is 0. The molecule has 194 valence electrons. The van der Waals surface area contributed by atoms with E-state index < -0.39 is 0 Å². The van der Waals surface area contributed by atoms with E-state index in [1.54, 1.807) is 17.0 Å². The number of aromatic nitrogens is 2. The second-order valence-electron chi connectivity index (χ2n) is 11.2. The van der Waals surface area contributed by atoms with Crippen LogP contribution in [0.2, 0.25) is 0 Å². The molecule has 7 heteroatoms. The largest absolute Gasteiger partial charge is 0.328 e. The zero-order valence-electron chi connectivity index (χ0n) is 21.8. The summed E-state index contributed by atoms with van der Waals surface area (Å²) in [6, 6.07) is 21.8. The van der Waals surface area contributed by atoms with Gasteiger partial charge in [0.05, 0.1) is 18.1 Å². The van der Waals surface area contributed by atoms with Crippen LogP contribution in [0.3, 0.4) is 0 Å². The lowest BCUT2D eigenvalue weighted by Crippen LogP contribution is -2.56. The summed E-state index contributed by atoms with van der Waals surface area (Å²) in [5.41, 5.74) is 8.90. The van der Waals surface area contributed by atoms with E-state index in [4.69, 9.17) is 5.73 Å². The summed E-state index contributed by atoms with van der Waals surface area (Å²) in [7, 11) is 0. The monoisotopic (exact) mass is 499 g/mol. The number of urea groups is 1. The highest BCUT2D eigenvalue weighted by Crippen LogP contribution is 2.38. The van der Waals surface area contributed by atoms with Gasteiger partial charge >= 0.3 is 6.03 Å². The Bertz CT molecular complexity index is 1270. The standard InChI is InChI=1S/C30H37N5O2/c1-30(2)20-33(29(37)35-16-14-25(31)17-27(35)23-11-7-4-8-12-23)15-13-24(30)19-34-21-32-26(18-28(34)36)22-9-5-3-6-10-22/h3-12,18,21,24-25,27H,13-17,19-20,31H2,1-2H3/t24?,25-,27?/m1/s1. The quantitative estimate of drug-likeness (QED) is 0.571. The fourth-order valence-electron chi connectivity index (χ4n) is 5.87. The molecule has 3 aromatic rings. The van der Waals surface area contributed by atoms with Gasteiger partial charge in [-0.3, -0.25) is 9.36 Å². The molecule has 3 heterocycles. The van der Waals surface area contributed by atoms with Crippen molar-refractivity contribution in [1.82, 2.24) is 19.4 Å². The Morgan fingerprint density at radius 2 is 1.73 bits per heavy atom. The maximum absolute atomic E-state index is 13.8. The summed E-state index contributed by atoms with van der Waals surface area (Å²) >= 11 is 0. The highest BCUT2D eigenvalue weighted by Gasteiger charge is 2.41. The molecular formula is C30H37N5O2. The van der Waals surface area contributed by atoms with Crippen molar-refractivity contribution in [3.8, 4) is 11.3 Å². The van der Waals surface area contributed by atoms with E-state index in [0.29, 0.717) is 31.9 Å². The molecule has 0 aliphatic carbocycles. The molecule has 37 heavy (non-hydrogen) atoms. The van der Waals surface area contributed by atoms with Gasteiger partial charge in [-0.2, -0.15) is 0 Å². The molecule has 2 aliphatic rings. The van der Waals surface area contributed by atoms with Crippen molar-refractivity contribution in [2.24, 2.45) is 17.1 Å². The summed E-state index contributed by atoms with van der Waals surface area (Å²) in [6.45, 7) is 7.02. The van der Waals surface area contributed by atoms with E-state index in [1.165, 1.54) is 0 Å². The lowest BCUT2D eigenvalue weighted by atomic mass is 9.74. The van der Waals surface area contributed by atoms with Crippen LogP contribution in [0.1, 0.15) is 44.7 Å². The maximum Gasteiger partial charge on any atom is 0.320 e. The molecule has 2 unspecified atom stereocenters. The van der Waals surface area contributed by atoms with Crippen LogP contribution in [-0.4, -0.2) is 51.1 Å². The van der Waals surface area contributed by atoms with Crippen molar-refractivity contribution in [3.63, 3.8) is 0 Å². The summed E-state index contributed by atoms with van der Waals surface area (Å²) in [5.74, 6) is 0.262. The van der Waals surface area contributed by atoms with E-state index in [2.05, 4.69) is 31.0 Å². The smallest absolute Gasteiger partial charge is 0.320 e. The van der Waals surface area contributed by atoms with Crippen molar-refractivity contribution >= 4 is 6.03 Å². The third kappa shape index (κ3) is 5.47. The van der Waals surface area contributed by atoms with Gasteiger partial charge in [0.2, 0.25) is 0 Å². The SMILES string of the molecule is CC1(C)CN(C(=O)N2CC[C@@H](N)CC2c2ccccc2)CCC1Cn1cnc(-c2ccccc2)cc1=O. The van der Waals surface area contributed by atoms with Crippen LogP contribution in [0.15, 0.2) is 77.9 Å². The number of hydrogen-bond acceptors (Lipinski definition) is 4. The highest BCUT2D eigenvalue weighted by atomic mass is 16.2. The molecule has 2 saturated heterocycles. The van der Waals surface area contributed by atoms with Crippen molar-refractivity contribution in [2.75, 3.05) is 19.6 Å². The number of benzene rings is 2. The number of likely N-dealkylation sites (tertiary alicyclic amines) is 2. The summed E-state index contributed by atoms with van der Waals surface area (Å²) in [6.07, 6.45) is 4.11. The Labute approximate surface area is 218 Å². The number of nitrogens with two attached hydrogens (primary N) is 1. The minimum absolute atomic E-state index is 0.00562. The lowest BCUT2D eigenvalue weighted by molar-refractivity contribution is 0.0391. The number of amides is 2. The average Bonchev–Trinajstić information content (AvgIpc) is 2.91. The fourth-order valence-corrected chi connectivity index (χ4v) is 5.87. The molecule has 2 amide bonds. The first kappa shape index (κ1) is 25.2. The lowest BCUT2D eigenvalue weighted by Gasteiger charge is -2.48. The maximum atomic E-state index is 13.8. The van der Waals surface area contributed by atoms with Gasteiger partial charge in [-0.05, 0) is 36.2 Å². The van der Waals surface area contributed by atoms with E-state index in [-0.39, 0.29) is 35.0 Å². The molecule has 0 saturated carbocycles. The predicted molar refractivity (Wildman–Crippen MR) is 146 cm³/mol. The third-order valence-corrected chi connectivity index (χ3v) is 8.16. The number of piperidine rings is 2. The molecule has 2 N–H and O–H groups in total. The van der Waals surface area contributed by atoms with E-state index >= 15 is 0 Å². The van der Waals surface area contributed by atoms with Gasteiger partial charge < -0.3 is 15.5 Å². The second kappa shape index (κ2) is 10.5. The van der Waals surface area contributed by atoms with E-state index in [9.17, 15) is 9.59 Å². The number of nitrogens with zero attached hydrogens (tertiary/aromatic N) is 4. The first-order valence-corrected chi connectivity index (χ1v) is 13.3. The Morgan fingerprint density at radius 1 is 1.03 bits per heavy atom. The molecule has 1 aromatic heterocycles. The first-order valence-electron chi connectivity index (χ1n) is 13.3. The molecule has 0 bridgehead atoms. The van der Waals surface area contributed by atoms with Crippen LogP contribution in [0.4, 0.5) is 4.79 Å². The molecule has 0 radical (unpaired) electrons. The Hall–Kier alpha value is -3.45. The third-order valence-electron chi connectivity index (χ3n) is 8.16. The molecular weight excluding hydrogens is 462 g/mol. The van der Waals surface area contributed by atoms with Crippen LogP contribution in [0.5, 0.6) is 0 Å². The van der Waals surface area contributed by atoms with Crippen molar-refractivity contribution in [2.45, 2.75) is 51.7 Å². The average molecular weight is 500 g/mol. The Morgan fingerprint density at radius 3 is 2.41 bits per heavy atom. The van der Waals surface area contributed by atoms with Gasteiger partial charge in [-0.1, -0.05) is 74.5 Å². The molecule has 7 nitrogen and oxygen atoms in total. The Balaban J connectivity index is 1.28. The summed E-state index contributed by atoms with van der Waals surface area (Å²) in [4.78, 5) is 35.3. The molecule has 5 rings (SSSR count). The van der Waals surface area contributed by atoms with Crippen LogP contribution in [0, 0.1) is 11.3 Å². The molecule has 3 atom stereocenters. The van der Waals surface area contributed by atoms with Crippen LogP contribution < -0.4 is 11.3 Å². The predicted octanol–water partition coefficient (Wildman–Crippen LogP) is 4.54. The van der Waals surface area contributed by atoms with Gasteiger partial charge in [-0.25, -0.2) is 9.78 Å². The van der Waals surface area contributed by atoms with Gasteiger partial charge in [0, 0.05) is 43.9 Å². The van der Waals surface area contributed by atoms with Gasteiger partial charge in [0.15, 0.2) is 0 Å². The second-order valence-corrected chi connectivity index (χ2v) is 11.2. The minimum atomic E-state index is -0.139. The zero-order valence-corrected chi connectivity index (χ0v) is 21.8. The molecule has 2 aliphatic heterocycles. The normalized spacial score (nSPS) is 23.6. The number of carbonyl (C=O) groups is 1.